The number of pyridine rings is 1. The van der Waals surface area contributed by atoms with Crippen LogP contribution in [-0.2, 0) is 15.6 Å². The van der Waals surface area contributed by atoms with Crippen LogP contribution in [0, 0.1) is 19.1 Å². The van der Waals surface area contributed by atoms with Crippen molar-refractivity contribution in [2.75, 3.05) is 0 Å². The van der Waals surface area contributed by atoms with Crippen LogP contribution in [-0.4, -0.2) is 8.42 Å². The molecule has 0 N–H and O–H groups in total. The van der Waals surface area contributed by atoms with Gasteiger partial charge < -0.3 is 5.21 Å². The fraction of sp³-hybridized carbons (Fsp3) is 0.214. The SMILES string of the molecule is Cc1ccc(CS(=O)(=O)c2cccc[n+]2[O-])cc1C. The molecule has 0 spiro atoms. The lowest BCUT2D eigenvalue weighted by Crippen LogP contribution is -2.33. The highest BCUT2D eigenvalue weighted by molar-refractivity contribution is 7.90. The molecule has 1 aromatic heterocycles. The molecular weight excluding hydrogens is 262 g/mol. The zero-order valence-corrected chi connectivity index (χ0v) is 11.6. The summed E-state index contributed by atoms with van der Waals surface area (Å²) in [5.41, 5.74) is 2.84. The Morgan fingerprint density at radius 3 is 2.47 bits per heavy atom. The molecule has 0 amide bonds. The van der Waals surface area contributed by atoms with Crippen LogP contribution in [0.4, 0.5) is 0 Å². The Morgan fingerprint density at radius 1 is 1.11 bits per heavy atom. The summed E-state index contributed by atoms with van der Waals surface area (Å²) in [6, 6.07) is 9.87. The molecule has 0 unspecified atom stereocenters. The van der Waals surface area contributed by atoms with Gasteiger partial charge in [-0.05, 0) is 36.6 Å². The van der Waals surface area contributed by atoms with E-state index in [1.807, 2.05) is 26.0 Å². The van der Waals surface area contributed by atoms with Crippen molar-refractivity contribution in [1.29, 1.82) is 0 Å². The number of hydrogen-bond acceptors (Lipinski definition) is 3. The summed E-state index contributed by atoms with van der Waals surface area (Å²) >= 11 is 0. The van der Waals surface area contributed by atoms with Gasteiger partial charge in [-0.25, -0.2) is 8.42 Å². The van der Waals surface area contributed by atoms with Crippen molar-refractivity contribution >= 4 is 9.84 Å². The van der Waals surface area contributed by atoms with Crippen LogP contribution in [0.25, 0.3) is 0 Å². The summed E-state index contributed by atoms with van der Waals surface area (Å²) in [6.07, 6.45) is 1.19. The first kappa shape index (κ1) is 13.5. The number of aromatic nitrogens is 1. The summed E-state index contributed by atoms with van der Waals surface area (Å²) in [5, 5.41) is 11.3. The van der Waals surface area contributed by atoms with E-state index in [4.69, 9.17) is 0 Å². The molecule has 100 valence electrons. The Morgan fingerprint density at radius 2 is 1.84 bits per heavy atom. The van der Waals surface area contributed by atoms with Crippen LogP contribution in [0.3, 0.4) is 0 Å². The Bertz CT molecular complexity index is 708. The second kappa shape index (κ2) is 5.01. The van der Waals surface area contributed by atoms with Gasteiger partial charge in [0.2, 0.25) is 9.84 Å². The second-order valence-corrected chi connectivity index (χ2v) is 6.48. The highest BCUT2D eigenvalue weighted by Gasteiger charge is 2.23. The van der Waals surface area contributed by atoms with Gasteiger partial charge in [-0.3, -0.25) is 0 Å². The third kappa shape index (κ3) is 2.93. The minimum atomic E-state index is -3.62. The van der Waals surface area contributed by atoms with Crippen molar-refractivity contribution in [3.05, 3.63) is 64.5 Å². The average molecular weight is 277 g/mol. The molecule has 0 radical (unpaired) electrons. The van der Waals surface area contributed by atoms with Gasteiger partial charge in [0.25, 0.3) is 0 Å². The van der Waals surface area contributed by atoms with Crippen molar-refractivity contribution < 1.29 is 13.1 Å². The lowest BCUT2D eigenvalue weighted by atomic mass is 10.1. The fourth-order valence-electron chi connectivity index (χ4n) is 1.84. The number of nitrogens with zero attached hydrogens (tertiary/aromatic N) is 1. The highest BCUT2D eigenvalue weighted by Crippen LogP contribution is 2.16. The molecular formula is C14H15NO3S. The third-order valence-corrected chi connectivity index (χ3v) is 4.70. The molecule has 4 nitrogen and oxygen atoms in total. The molecule has 19 heavy (non-hydrogen) atoms. The Kier molecular flexibility index (Phi) is 3.57. The van der Waals surface area contributed by atoms with Crippen LogP contribution >= 0.6 is 0 Å². The number of rotatable bonds is 3. The zero-order chi connectivity index (χ0) is 14.0. The predicted molar refractivity (Wildman–Crippen MR) is 72.2 cm³/mol. The Labute approximate surface area is 112 Å². The van der Waals surface area contributed by atoms with Crippen molar-refractivity contribution in [2.45, 2.75) is 24.6 Å². The highest BCUT2D eigenvalue weighted by atomic mass is 32.2. The maximum absolute atomic E-state index is 12.2. The van der Waals surface area contributed by atoms with E-state index in [1.54, 1.807) is 12.1 Å². The van der Waals surface area contributed by atoms with E-state index in [0.717, 1.165) is 11.1 Å². The van der Waals surface area contributed by atoms with E-state index in [9.17, 15) is 13.6 Å². The van der Waals surface area contributed by atoms with Gasteiger partial charge in [-0.15, -0.1) is 0 Å². The molecule has 0 aliphatic heterocycles. The van der Waals surface area contributed by atoms with Crippen LogP contribution in [0.2, 0.25) is 0 Å². The number of hydrogen-bond donors (Lipinski definition) is 0. The van der Waals surface area contributed by atoms with E-state index in [-0.39, 0.29) is 10.8 Å². The van der Waals surface area contributed by atoms with Gasteiger partial charge in [0.15, 0.2) is 6.20 Å². The topological polar surface area (TPSA) is 61.1 Å². The molecule has 0 aliphatic rings. The summed E-state index contributed by atoms with van der Waals surface area (Å²) in [5.74, 6) is -0.166. The number of sulfone groups is 1. The van der Waals surface area contributed by atoms with Crippen molar-refractivity contribution in [3.8, 4) is 0 Å². The molecule has 5 heteroatoms. The van der Waals surface area contributed by atoms with Gasteiger partial charge in [-0.2, -0.15) is 4.73 Å². The molecule has 0 saturated heterocycles. The van der Waals surface area contributed by atoms with Crippen molar-refractivity contribution in [3.63, 3.8) is 0 Å². The first-order valence-corrected chi connectivity index (χ1v) is 7.52. The van der Waals surface area contributed by atoms with Gasteiger partial charge in [-0.1, -0.05) is 18.2 Å². The number of aryl methyl sites for hydroxylation is 2. The minimum absolute atomic E-state index is 0.166. The molecule has 1 aromatic carbocycles. The number of benzene rings is 1. The lowest BCUT2D eigenvalue weighted by Gasteiger charge is -2.07. The molecule has 0 saturated carbocycles. The molecule has 2 rings (SSSR count). The van der Waals surface area contributed by atoms with Gasteiger partial charge in [0.1, 0.15) is 0 Å². The molecule has 0 bridgehead atoms. The molecule has 1 heterocycles. The predicted octanol–water partition coefficient (Wildman–Crippen LogP) is 1.91. The quantitative estimate of drug-likeness (QED) is 0.636. The first-order valence-electron chi connectivity index (χ1n) is 5.87. The largest absolute Gasteiger partial charge is 0.618 e. The molecule has 2 aromatic rings. The van der Waals surface area contributed by atoms with E-state index in [0.29, 0.717) is 10.3 Å². The van der Waals surface area contributed by atoms with E-state index in [2.05, 4.69) is 0 Å². The fourth-order valence-corrected chi connectivity index (χ4v) is 3.23. The normalized spacial score (nSPS) is 11.5. The van der Waals surface area contributed by atoms with Crippen LogP contribution < -0.4 is 4.73 Å². The van der Waals surface area contributed by atoms with Gasteiger partial charge in [0.05, 0.1) is 5.75 Å². The van der Waals surface area contributed by atoms with Crippen LogP contribution in [0.15, 0.2) is 47.6 Å². The van der Waals surface area contributed by atoms with Gasteiger partial charge >= 0.3 is 5.03 Å². The van der Waals surface area contributed by atoms with Gasteiger partial charge in [0, 0.05) is 12.1 Å². The van der Waals surface area contributed by atoms with Crippen LogP contribution in [0.1, 0.15) is 16.7 Å². The van der Waals surface area contributed by atoms with Crippen LogP contribution in [0.5, 0.6) is 0 Å². The zero-order valence-electron chi connectivity index (χ0n) is 10.8. The Hall–Kier alpha value is -1.88. The molecule has 0 aliphatic carbocycles. The maximum atomic E-state index is 12.2. The van der Waals surface area contributed by atoms with E-state index in [1.165, 1.54) is 18.3 Å². The summed E-state index contributed by atoms with van der Waals surface area (Å²) < 4.78 is 24.8. The smallest absolute Gasteiger partial charge is 0.308 e. The lowest BCUT2D eigenvalue weighted by molar-refractivity contribution is -0.646. The minimum Gasteiger partial charge on any atom is -0.618 e. The monoisotopic (exact) mass is 277 g/mol. The van der Waals surface area contributed by atoms with Crippen molar-refractivity contribution in [1.82, 2.24) is 0 Å². The summed E-state index contributed by atoms with van der Waals surface area (Å²) in [7, 11) is -3.62. The second-order valence-electron chi connectivity index (χ2n) is 4.54. The Balaban J connectivity index is 2.37. The summed E-state index contributed by atoms with van der Waals surface area (Å²) in [6.45, 7) is 3.90. The van der Waals surface area contributed by atoms with E-state index >= 15 is 0 Å². The van der Waals surface area contributed by atoms with E-state index < -0.39 is 9.84 Å². The molecule has 0 atom stereocenters. The maximum Gasteiger partial charge on any atom is 0.308 e. The average Bonchev–Trinajstić information content (AvgIpc) is 2.34. The van der Waals surface area contributed by atoms with Crippen molar-refractivity contribution in [2.24, 2.45) is 0 Å². The third-order valence-electron chi connectivity index (χ3n) is 3.04. The standard InChI is InChI=1S/C14H15NO3S/c1-11-6-7-13(9-12(11)2)10-19(17,18)14-5-3-4-8-15(14)16/h3-9H,10H2,1-2H3. The summed E-state index contributed by atoms with van der Waals surface area (Å²) in [4.78, 5) is 0. The molecule has 0 fully saturated rings. The first-order chi connectivity index (χ1) is 8.90.